The molecule has 0 aliphatic rings. The SMILES string of the molecule is CCCSON=O. The van der Waals surface area contributed by atoms with Gasteiger partial charge in [-0.25, -0.2) is 0 Å². The molecule has 0 amide bonds. The van der Waals surface area contributed by atoms with Crippen molar-refractivity contribution in [2.75, 3.05) is 5.75 Å². The van der Waals surface area contributed by atoms with Gasteiger partial charge in [-0.2, -0.15) is 0 Å². The lowest BCUT2D eigenvalue weighted by Gasteiger charge is -1.85. The van der Waals surface area contributed by atoms with Crippen LogP contribution in [0.25, 0.3) is 0 Å². The van der Waals surface area contributed by atoms with Crippen molar-refractivity contribution in [3.63, 3.8) is 0 Å². The molecule has 0 saturated heterocycles. The summed E-state index contributed by atoms with van der Waals surface area (Å²) in [5.41, 5.74) is 0. The molecule has 0 unspecified atom stereocenters. The molecule has 0 spiro atoms. The van der Waals surface area contributed by atoms with Crippen LogP contribution < -0.4 is 0 Å². The molecule has 0 fully saturated rings. The summed E-state index contributed by atoms with van der Waals surface area (Å²) >= 11 is 1.07. The molecule has 0 N–H and O–H groups in total. The third-order valence-corrected chi connectivity index (χ3v) is 1.11. The molecule has 7 heavy (non-hydrogen) atoms. The Hall–Kier alpha value is -0.250. The van der Waals surface area contributed by atoms with E-state index in [0.29, 0.717) is 0 Å². The van der Waals surface area contributed by atoms with E-state index in [2.05, 4.69) is 9.62 Å². The van der Waals surface area contributed by atoms with E-state index in [1.807, 2.05) is 6.92 Å². The second-order valence-electron chi connectivity index (χ2n) is 0.971. The quantitative estimate of drug-likeness (QED) is 0.246. The molecular formula is C3H7NO2S. The highest BCUT2D eigenvalue weighted by Gasteiger charge is 1.81. The molecule has 0 aliphatic heterocycles. The van der Waals surface area contributed by atoms with E-state index >= 15 is 0 Å². The first-order chi connectivity index (χ1) is 3.41. The second kappa shape index (κ2) is 5.75. The number of hydrogen-bond acceptors (Lipinski definition) is 4. The van der Waals surface area contributed by atoms with Crippen LogP contribution in [0, 0.1) is 4.91 Å². The van der Waals surface area contributed by atoms with Gasteiger partial charge in [-0.1, -0.05) is 6.92 Å². The number of rotatable bonds is 4. The van der Waals surface area contributed by atoms with Gasteiger partial charge in [0.15, 0.2) is 5.34 Å². The van der Waals surface area contributed by atoms with Crippen molar-refractivity contribution in [3.05, 3.63) is 4.91 Å². The Kier molecular flexibility index (Phi) is 5.54. The lowest BCUT2D eigenvalue weighted by Crippen LogP contribution is -1.70. The zero-order valence-corrected chi connectivity index (χ0v) is 4.90. The van der Waals surface area contributed by atoms with Gasteiger partial charge < -0.3 is 0 Å². The fraction of sp³-hybridized carbons (Fsp3) is 1.00. The molecule has 0 aromatic heterocycles. The Morgan fingerprint density at radius 2 is 2.57 bits per heavy atom. The Morgan fingerprint density at radius 1 is 1.86 bits per heavy atom. The standard InChI is InChI=1S/C3H7NO2S/c1-2-3-7-6-4-5/h2-3H2,1H3. The highest BCUT2D eigenvalue weighted by molar-refractivity contribution is 7.94. The molecule has 0 saturated carbocycles. The van der Waals surface area contributed by atoms with Crippen molar-refractivity contribution in [1.82, 2.24) is 0 Å². The lowest BCUT2D eigenvalue weighted by molar-refractivity contribution is 0.397. The highest BCUT2D eigenvalue weighted by atomic mass is 32.2. The van der Waals surface area contributed by atoms with Crippen LogP contribution in [-0.4, -0.2) is 5.75 Å². The first-order valence-corrected chi connectivity index (χ1v) is 2.94. The van der Waals surface area contributed by atoms with Crippen molar-refractivity contribution in [2.45, 2.75) is 13.3 Å². The number of nitrogens with zero attached hydrogens (tertiary/aromatic N) is 1. The van der Waals surface area contributed by atoms with Gasteiger partial charge in [0, 0.05) is 5.75 Å². The minimum Gasteiger partial charge on any atom is -0.288 e. The maximum atomic E-state index is 9.19. The minimum atomic E-state index is 0.825. The summed E-state index contributed by atoms with van der Waals surface area (Å²) in [5.74, 6) is 0.825. The second-order valence-corrected chi connectivity index (χ2v) is 1.76. The van der Waals surface area contributed by atoms with Crippen molar-refractivity contribution >= 4 is 12.0 Å². The third kappa shape index (κ3) is 5.75. The predicted octanol–water partition coefficient (Wildman–Crippen LogP) is 1.74. The van der Waals surface area contributed by atoms with Crippen molar-refractivity contribution in [1.29, 1.82) is 0 Å². The minimum absolute atomic E-state index is 0.825. The van der Waals surface area contributed by atoms with Gasteiger partial charge in [-0.3, -0.25) is 4.28 Å². The molecule has 0 aromatic rings. The third-order valence-electron chi connectivity index (χ3n) is 0.371. The van der Waals surface area contributed by atoms with Crippen LogP contribution in [0.15, 0.2) is 5.34 Å². The summed E-state index contributed by atoms with van der Waals surface area (Å²) in [6, 6.07) is 0. The summed E-state index contributed by atoms with van der Waals surface area (Å²) in [6.45, 7) is 2.00. The smallest absolute Gasteiger partial charge is 0.168 e. The van der Waals surface area contributed by atoms with Gasteiger partial charge in [0.1, 0.15) is 0 Å². The lowest BCUT2D eigenvalue weighted by atomic mass is 10.6. The van der Waals surface area contributed by atoms with E-state index in [4.69, 9.17) is 0 Å². The summed E-state index contributed by atoms with van der Waals surface area (Å²) in [4.78, 5) is 9.19. The monoisotopic (exact) mass is 121 g/mol. The topological polar surface area (TPSA) is 38.7 Å². The van der Waals surface area contributed by atoms with Gasteiger partial charge in [-0.05, 0) is 6.42 Å². The van der Waals surface area contributed by atoms with Gasteiger partial charge >= 0.3 is 0 Å². The Labute approximate surface area is 46.6 Å². The summed E-state index contributed by atoms with van der Waals surface area (Å²) in [7, 11) is 0. The molecule has 0 atom stereocenters. The van der Waals surface area contributed by atoms with E-state index in [1.54, 1.807) is 0 Å². The molecule has 0 radical (unpaired) electrons. The van der Waals surface area contributed by atoms with Crippen LogP contribution >= 0.6 is 12.0 Å². The predicted molar refractivity (Wildman–Crippen MR) is 29.6 cm³/mol. The normalized spacial score (nSPS) is 8.14. The van der Waals surface area contributed by atoms with E-state index in [-0.39, 0.29) is 0 Å². The number of hydrogen-bond donors (Lipinski definition) is 0. The molecule has 4 heteroatoms. The van der Waals surface area contributed by atoms with Crippen LogP contribution in [0.1, 0.15) is 13.3 Å². The molecule has 0 aliphatic carbocycles. The molecule has 0 heterocycles. The maximum absolute atomic E-state index is 9.19. The summed E-state index contributed by atoms with van der Waals surface area (Å²) < 4.78 is 4.06. The Bertz CT molecular complexity index is 50.2. The van der Waals surface area contributed by atoms with Crippen LogP contribution in [-0.2, 0) is 4.28 Å². The van der Waals surface area contributed by atoms with Crippen molar-refractivity contribution < 1.29 is 4.28 Å². The van der Waals surface area contributed by atoms with Gasteiger partial charge in [-0.15, -0.1) is 4.91 Å². The zero-order chi connectivity index (χ0) is 5.54. The van der Waals surface area contributed by atoms with E-state index in [9.17, 15) is 4.91 Å². The van der Waals surface area contributed by atoms with Crippen molar-refractivity contribution in [3.8, 4) is 0 Å². The van der Waals surface area contributed by atoms with Crippen LogP contribution in [0.3, 0.4) is 0 Å². The first-order valence-electron chi connectivity index (χ1n) is 2.03. The average Bonchev–Trinajstić information content (AvgIpc) is 1.69. The highest BCUT2D eigenvalue weighted by Crippen LogP contribution is 2.02. The molecule has 0 rings (SSSR count). The van der Waals surface area contributed by atoms with Gasteiger partial charge in [0.2, 0.25) is 0 Å². The molecule has 0 aromatic carbocycles. The first kappa shape index (κ1) is 6.75. The van der Waals surface area contributed by atoms with Crippen LogP contribution in [0.2, 0.25) is 0 Å². The van der Waals surface area contributed by atoms with Gasteiger partial charge in [0.05, 0.1) is 12.0 Å². The van der Waals surface area contributed by atoms with Gasteiger partial charge in [0.25, 0.3) is 0 Å². The van der Waals surface area contributed by atoms with Crippen LogP contribution in [0.5, 0.6) is 0 Å². The average molecular weight is 121 g/mol. The van der Waals surface area contributed by atoms with Crippen LogP contribution in [0.4, 0.5) is 0 Å². The Balaban J connectivity index is 2.56. The molecule has 3 nitrogen and oxygen atoms in total. The summed E-state index contributed by atoms with van der Waals surface area (Å²) in [5, 5.41) is 2.19. The molecule has 42 valence electrons. The molecular weight excluding hydrogens is 114 g/mol. The van der Waals surface area contributed by atoms with E-state index < -0.39 is 0 Å². The van der Waals surface area contributed by atoms with E-state index in [1.165, 1.54) is 0 Å². The largest absolute Gasteiger partial charge is 0.288 e. The van der Waals surface area contributed by atoms with E-state index in [0.717, 1.165) is 24.2 Å². The fourth-order valence-corrected chi connectivity index (χ4v) is 0.426. The Morgan fingerprint density at radius 3 is 3.00 bits per heavy atom. The molecule has 0 bridgehead atoms. The zero-order valence-electron chi connectivity index (χ0n) is 4.09. The summed E-state index contributed by atoms with van der Waals surface area (Å²) in [6.07, 6.45) is 1.00. The maximum Gasteiger partial charge on any atom is 0.168 e. The fourth-order valence-electron chi connectivity index (χ4n) is 0.142. The van der Waals surface area contributed by atoms with Crippen molar-refractivity contribution in [2.24, 2.45) is 5.34 Å².